The van der Waals surface area contributed by atoms with Gasteiger partial charge in [-0.05, 0) is 6.42 Å². The van der Waals surface area contributed by atoms with E-state index in [-0.39, 0.29) is 0 Å². The monoisotopic (exact) mass is 315 g/mol. The lowest BCUT2D eigenvalue weighted by atomic mass is 10.1. The number of aromatic amines is 1. The molecule has 4 nitrogen and oxygen atoms in total. The van der Waals surface area contributed by atoms with Crippen LogP contribution in [0.5, 0.6) is 0 Å². The van der Waals surface area contributed by atoms with Crippen molar-refractivity contribution >= 4 is 0 Å². The van der Waals surface area contributed by atoms with Gasteiger partial charge in [0.05, 0.1) is 6.61 Å². The molecular formula is C19H29N3O. The summed E-state index contributed by atoms with van der Waals surface area (Å²) in [6.45, 7) is 3.82. The molecule has 0 saturated carbocycles. The molecule has 0 unspecified atom stereocenters. The normalized spacial score (nSPS) is 11.0. The van der Waals surface area contributed by atoms with E-state index in [4.69, 9.17) is 4.74 Å². The summed E-state index contributed by atoms with van der Waals surface area (Å²) in [7, 11) is 0. The predicted molar refractivity (Wildman–Crippen MR) is 94.3 cm³/mol. The summed E-state index contributed by atoms with van der Waals surface area (Å²) < 4.78 is 5.69. The van der Waals surface area contributed by atoms with Crippen LogP contribution in [-0.2, 0) is 11.2 Å². The molecule has 23 heavy (non-hydrogen) atoms. The number of nitrogens with zero attached hydrogens (tertiary/aromatic N) is 2. The van der Waals surface area contributed by atoms with Crippen LogP contribution in [0.2, 0.25) is 0 Å². The minimum Gasteiger partial charge on any atom is -0.381 e. The maximum Gasteiger partial charge on any atom is 0.181 e. The molecule has 1 N–H and O–H groups in total. The van der Waals surface area contributed by atoms with E-state index in [1.165, 1.54) is 38.5 Å². The molecule has 1 heterocycles. The van der Waals surface area contributed by atoms with Crippen molar-refractivity contribution in [1.82, 2.24) is 15.2 Å². The molecule has 1 aromatic carbocycles. The smallest absolute Gasteiger partial charge is 0.181 e. The molecule has 0 saturated heterocycles. The van der Waals surface area contributed by atoms with Gasteiger partial charge in [0.2, 0.25) is 0 Å². The molecule has 4 heteroatoms. The highest BCUT2D eigenvalue weighted by atomic mass is 16.5. The second-order valence-corrected chi connectivity index (χ2v) is 5.96. The molecule has 2 rings (SSSR count). The largest absolute Gasteiger partial charge is 0.381 e. The first-order valence-electron chi connectivity index (χ1n) is 8.94. The molecule has 1 aromatic heterocycles. The quantitative estimate of drug-likeness (QED) is 0.573. The van der Waals surface area contributed by atoms with Gasteiger partial charge in [-0.25, -0.2) is 4.98 Å². The summed E-state index contributed by atoms with van der Waals surface area (Å²) in [5.41, 5.74) is 1.04. The van der Waals surface area contributed by atoms with E-state index >= 15 is 0 Å². The third-order valence-electron chi connectivity index (χ3n) is 3.94. The molecule has 0 bridgehead atoms. The SMILES string of the molecule is CCCCCCCCCOCCc1nc(-c2ccccc2)n[nH]1. The van der Waals surface area contributed by atoms with Gasteiger partial charge in [0.1, 0.15) is 5.82 Å². The number of hydrogen-bond donors (Lipinski definition) is 1. The number of unbranched alkanes of at least 4 members (excludes halogenated alkanes) is 6. The van der Waals surface area contributed by atoms with Crippen LogP contribution in [0.4, 0.5) is 0 Å². The number of H-pyrrole nitrogens is 1. The number of nitrogens with one attached hydrogen (secondary N) is 1. The second kappa shape index (κ2) is 10.9. The molecule has 0 aliphatic heterocycles. The van der Waals surface area contributed by atoms with Gasteiger partial charge >= 0.3 is 0 Å². The molecule has 0 atom stereocenters. The van der Waals surface area contributed by atoms with Crippen LogP contribution in [-0.4, -0.2) is 28.4 Å². The first-order chi connectivity index (χ1) is 11.4. The van der Waals surface area contributed by atoms with E-state index in [9.17, 15) is 0 Å². The van der Waals surface area contributed by atoms with Crippen molar-refractivity contribution in [3.63, 3.8) is 0 Å². The highest BCUT2D eigenvalue weighted by molar-refractivity contribution is 5.53. The molecule has 126 valence electrons. The Labute approximate surface area is 139 Å². The third kappa shape index (κ3) is 6.95. The lowest BCUT2D eigenvalue weighted by molar-refractivity contribution is 0.131. The van der Waals surface area contributed by atoms with Crippen molar-refractivity contribution in [3.8, 4) is 11.4 Å². The summed E-state index contributed by atoms with van der Waals surface area (Å²) in [5.74, 6) is 1.65. The molecule has 2 aromatic rings. The van der Waals surface area contributed by atoms with Gasteiger partial charge in [0, 0.05) is 18.6 Å². The Balaban J connectivity index is 1.53. The number of benzene rings is 1. The zero-order chi connectivity index (χ0) is 16.2. The summed E-state index contributed by atoms with van der Waals surface area (Å²) in [4.78, 5) is 4.51. The van der Waals surface area contributed by atoms with E-state index < -0.39 is 0 Å². The molecule has 0 aliphatic rings. The van der Waals surface area contributed by atoms with Crippen molar-refractivity contribution in [2.24, 2.45) is 0 Å². The fraction of sp³-hybridized carbons (Fsp3) is 0.579. The zero-order valence-corrected chi connectivity index (χ0v) is 14.3. The van der Waals surface area contributed by atoms with Gasteiger partial charge in [0.15, 0.2) is 5.82 Å². The number of rotatable bonds is 12. The standard InChI is InChI=1S/C19H29N3O/c1-2-3-4-5-6-7-11-15-23-16-14-18-20-19(22-21-18)17-12-9-8-10-13-17/h8-10,12-13H,2-7,11,14-16H2,1H3,(H,20,21,22). The van der Waals surface area contributed by atoms with Gasteiger partial charge in [-0.1, -0.05) is 75.8 Å². The van der Waals surface area contributed by atoms with E-state index in [0.29, 0.717) is 6.61 Å². The van der Waals surface area contributed by atoms with E-state index in [0.717, 1.165) is 36.7 Å². The van der Waals surface area contributed by atoms with Crippen molar-refractivity contribution in [1.29, 1.82) is 0 Å². The lowest BCUT2D eigenvalue weighted by Crippen LogP contribution is -2.01. The van der Waals surface area contributed by atoms with Crippen LogP contribution < -0.4 is 0 Å². The maximum absolute atomic E-state index is 5.69. The Bertz CT molecular complexity index is 524. The molecule has 0 radical (unpaired) electrons. The van der Waals surface area contributed by atoms with Crippen LogP contribution in [0.3, 0.4) is 0 Å². The van der Waals surface area contributed by atoms with Crippen LogP contribution in [0.25, 0.3) is 11.4 Å². The van der Waals surface area contributed by atoms with Crippen LogP contribution in [0.1, 0.15) is 57.7 Å². The molecular weight excluding hydrogens is 286 g/mol. The highest BCUT2D eigenvalue weighted by Gasteiger charge is 2.05. The molecule has 0 aliphatic carbocycles. The van der Waals surface area contributed by atoms with Gasteiger partial charge in [-0.2, -0.15) is 5.10 Å². The van der Waals surface area contributed by atoms with Crippen molar-refractivity contribution in [2.75, 3.05) is 13.2 Å². The average Bonchev–Trinajstić information content (AvgIpc) is 3.06. The summed E-state index contributed by atoms with van der Waals surface area (Å²) in [5, 5.41) is 7.25. The number of aromatic nitrogens is 3. The van der Waals surface area contributed by atoms with E-state index in [2.05, 4.69) is 22.1 Å². The van der Waals surface area contributed by atoms with Crippen molar-refractivity contribution < 1.29 is 4.74 Å². The highest BCUT2D eigenvalue weighted by Crippen LogP contribution is 2.13. The topological polar surface area (TPSA) is 50.8 Å². The summed E-state index contributed by atoms with van der Waals surface area (Å²) in [6.07, 6.45) is 10.0. The van der Waals surface area contributed by atoms with Gasteiger partial charge < -0.3 is 4.74 Å². The van der Waals surface area contributed by atoms with E-state index in [1.54, 1.807) is 0 Å². The van der Waals surface area contributed by atoms with Gasteiger partial charge in [-0.15, -0.1) is 0 Å². The van der Waals surface area contributed by atoms with Crippen molar-refractivity contribution in [3.05, 3.63) is 36.2 Å². The first kappa shape index (κ1) is 17.7. The number of hydrogen-bond acceptors (Lipinski definition) is 3. The zero-order valence-electron chi connectivity index (χ0n) is 14.3. The maximum atomic E-state index is 5.69. The lowest BCUT2D eigenvalue weighted by Gasteiger charge is -2.03. The first-order valence-corrected chi connectivity index (χ1v) is 8.94. The van der Waals surface area contributed by atoms with Crippen LogP contribution >= 0.6 is 0 Å². The average molecular weight is 315 g/mol. The molecule has 0 amide bonds. The Morgan fingerprint density at radius 2 is 1.65 bits per heavy atom. The Kier molecular flexibility index (Phi) is 8.41. The molecule has 0 spiro atoms. The second-order valence-electron chi connectivity index (χ2n) is 5.96. The Morgan fingerprint density at radius 3 is 2.43 bits per heavy atom. The fourth-order valence-corrected chi connectivity index (χ4v) is 2.56. The minimum atomic E-state index is 0.708. The fourth-order valence-electron chi connectivity index (χ4n) is 2.56. The van der Waals surface area contributed by atoms with Crippen LogP contribution in [0.15, 0.2) is 30.3 Å². The minimum absolute atomic E-state index is 0.708. The predicted octanol–water partition coefficient (Wildman–Crippen LogP) is 4.78. The molecule has 0 fully saturated rings. The van der Waals surface area contributed by atoms with Gasteiger partial charge in [-0.3, -0.25) is 5.10 Å². The van der Waals surface area contributed by atoms with Gasteiger partial charge in [0.25, 0.3) is 0 Å². The number of ether oxygens (including phenoxy) is 1. The Morgan fingerprint density at radius 1 is 0.913 bits per heavy atom. The van der Waals surface area contributed by atoms with Crippen LogP contribution in [0, 0.1) is 0 Å². The summed E-state index contributed by atoms with van der Waals surface area (Å²) in [6, 6.07) is 10.0. The third-order valence-corrected chi connectivity index (χ3v) is 3.94. The van der Waals surface area contributed by atoms with Crippen molar-refractivity contribution in [2.45, 2.75) is 58.3 Å². The summed E-state index contributed by atoms with van der Waals surface area (Å²) >= 11 is 0. The Hall–Kier alpha value is -1.68. The van der Waals surface area contributed by atoms with E-state index in [1.807, 2.05) is 30.3 Å².